The molecule has 0 saturated heterocycles. The predicted octanol–water partition coefficient (Wildman–Crippen LogP) is 4.25. The molecule has 0 spiro atoms. The van der Waals surface area contributed by atoms with Crippen LogP contribution in [0.4, 0.5) is 0 Å². The molecule has 2 aromatic heterocycles. The zero-order chi connectivity index (χ0) is 18.7. The van der Waals surface area contributed by atoms with Crippen LogP contribution in [0.2, 0.25) is 0 Å². The van der Waals surface area contributed by atoms with Crippen molar-refractivity contribution < 1.29 is 14.3 Å². The van der Waals surface area contributed by atoms with Crippen LogP contribution < -0.4 is 4.74 Å². The fourth-order valence-corrected chi connectivity index (χ4v) is 3.05. The fourth-order valence-electron chi connectivity index (χ4n) is 3.05. The molecular formula is C20H25N3O3. The van der Waals surface area contributed by atoms with Crippen LogP contribution in [0.25, 0.3) is 16.8 Å². The number of hydrogen-bond donors (Lipinski definition) is 0. The van der Waals surface area contributed by atoms with Gasteiger partial charge < -0.3 is 9.47 Å². The largest absolute Gasteiger partial charge is 0.441 e. The molecule has 0 bridgehead atoms. The van der Waals surface area contributed by atoms with Crippen molar-refractivity contribution in [1.29, 1.82) is 0 Å². The molecule has 0 N–H and O–H groups in total. The molecular weight excluding hydrogens is 330 g/mol. The summed E-state index contributed by atoms with van der Waals surface area (Å²) in [4.78, 5) is 21.0. The van der Waals surface area contributed by atoms with Crippen LogP contribution in [-0.4, -0.2) is 27.1 Å². The Morgan fingerprint density at radius 3 is 2.65 bits per heavy atom. The summed E-state index contributed by atoms with van der Waals surface area (Å²) < 4.78 is 13.0. The molecule has 0 aliphatic heterocycles. The van der Waals surface area contributed by atoms with E-state index in [-0.39, 0.29) is 18.7 Å². The Bertz CT molecular complexity index is 933. The molecule has 2 heterocycles. The zero-order valence-electron chi connectivity index (χ0n) is 15.8. The molecule has 0 amide bonds. The molecule has 138 valence electrons. The number of fused-ring (bicyclic) bond motifs is 3. The maximum atomic E-state index is 11.5. The number of aromatic nitrogens is 3. The van der Waals surface area contributed by atoms with Crippen molar-refractivity contribution in [2.24, 2.45) is 0 Å². The average Bonchev–Trinajstić information content (AvgIpc) is 3.04. The highest BCUT2D eigenvalue weighted by Crippen LogP contribution is 2.32. The van der Waals surface area contributed by atoms with Crippen molar-refractivity contribution in [3.05, 3.63) is 35.5 Å². The molecule has 1 unspecified atom stereocenters. The minimum absolute atomic E-state index is 0.120. The minimum Gasteiger partial charge on any atom is -0.441 e. The van der Waals surface area contributed by atoms with Gasteiger partial charge in [0.05, 0.1) is 16.7 Å². The average molecular weight is 355 g/mol. The number of carbonyl (C=O) groups is 1. The van der Waals surface area contributed by atoms with Crippen LogP contribution in [0.15, 0.2) is 24.3 Å². The summed E-state index contributed by atoms with van der Waals surface area (Å²) in [7, 11) is 0. The molecule has 3 aromatic rings. The van der Waals surface area contributed by atoms with Gasteiger partial charge >= 0.3 is 5.97 Å². The minimum atomic E-state index is -0.286. The summed E-state index contributed by atoms with van der Waals surface area (Å²) in [6.07, 6.45) is 2.06. The smallest absolute Gasteiger partial charge is 0.308 e. The fraction of sp³-hybridized carbons (Fsp3) is 0.450. The summed E-state index contributed by atoms with van der Waals surface area (Å²) in [5, 5.41) is 0. The third-order valence-electron chi connectivity index (χ3n) is 4.67. The number of ether oxygens (including phenoxy) is 2. The van der Waals surface area contributed by atoms with Crippen LogP contribution in [0.1, 0.15) is 57.7 Å². The Morgan fingerprint density at radius 1 is 1.19 bits per heavy atom. The number of esters is 1. The number of hydrogen-bond acceptors (Lipinski definition) is 5. The number of carbonyl (C=O) groups excluding carboxylic acids is 1. The number of para-hydroxylation sites is 2. The summed E-state index contributed by atoms with van der Waals surface area (Å²) in [6.45, 7) is 8.02. The van der Waals surface area contributed by atoms with Gasteiger partial charge in [0, 0.05) is 12.0 Å². The van der Waals surface area contributed by atoms with Gasteiger partial charge in [0.25, 0.3) is 0 Å². The first-order valence-electron chi connectivity index (χ1n) is 9.19. The molecule has 1 atom stereocenters. The van der Waals surface area contributed by atoms with Gasteiger partial charge in [-0.05, 0) is 30.9 Å². The number of nitrogens with zero attached hydrogens (tertiary/aromatic N) is 3. The van der Waals surface area contributed by atoms with Crippen molar-refractivity contribution in [2.45, 2.75) is 52.9 Å². The van der Waals surface area contributed by atoms with Crippen molar-refractivity contribution in [3.63, 3.8) is 0 Å². The van der Waals surface area contributed by atoms with E-state index in [1.54, 1.807) is 6.92 Å². The molecule has 0 radical (unpaired) electrons. The van der Waals surface area contributed by atoms with Crippen molar-refractivity contribution in [2.75, 3.05) is 6.79 Å². The van der Waals surface area contributed by atoms with Gasteiger partial charge in [0.15, 0.2) is 0 Å². The van der Waals surface area contributed by atoms with Gasteiger partial charge in [0.2, 0.25) is 18.5 Å². The number of imidazole rings is 1. The summed E-state index contributed by atoms with van der Waals surface area (Å²) in [5.74, 6) is 1.27. The van der Waals surface area contributed by atoms with Gasteiger partial charge in [0.1, 0.15) is 0 Å². The highest BCUT2D eigenvalue weighted by atomic mass is 16.7. The van der Waals surface area contributed by atoms with Crippen LogP contribution in [0.3, 0.4) is 0 Å². The van der Waals surface area contributed by atoms with Gasteiger partial charge in [-0.15, -0.1) is 0 Å². The first-order chi connectivity index (χ1) is 12.6. The standard InChI is InChI=1S/C20H25N3O3/c1-5-13(4)18-14(6-2)19(26-12-25-17(24)7-3)23-16-11-9-8-10-15(16)21-20(23)22-18/h8-11,13H,5-7,12H2,1-4H3. The van der Waals surface area contributed by atoms with Crippen LogP contribution in [0.5, 0.6) is 5.88 Å². The van der Waals surface area contributed by atoms with Crippen LogP contribution in [0, 0.1) is 0 Å². The lowest BCUT2D eigenvalue weighted by molar-refractivity contribution is -0.149. The van der Waals surface area contributed by atoms with E-state index < -0.39 is 0 Å². The normalized spacial score (nSPS) is 12.5. The van der Waals surface area contributed by atoms with E-state index in [0.29, 0.717) is 18.1 Å². The molecule has 1 aromatic carbocycles. The van der Waals surface area contributed by atoms with E-state index in [0.717, 1.165) is 35.1 Å². The topological polar surface area (TPSA) is 65.7 Å². The van der Waals surface area contributed by atoms with Crippen molar-refractivity contribution in [1.82, 2.24) is 14.4 Å². The predicted molar refractivity (Wildman–Crippen MR) is 100 cm³/mol. The quantitative estimate of drug-likeness (QED) is 0.468. The van der Waals surface area contributed by atoms with E-state index in [1.807, 2.05) is 28.7 Å². The first-order valence-corrected chi connectivity index (χ1v) is 9.19. The Kier molecular flexibility index (Phi) is 5.40. The van der Waals surface area contributed by atoms with Gasteiger partial charge in [-0.3, -0.25) is 4.79 Å². The number of benzene rings is 1. The second-order valence-corrected chi connectivity index (χ2v) is 6.31. The van der Waals surface area contributed by atoms with Crippen LogP contribution >= 0.6 is 0 Å². The Labute approximate surface area is 153 Å². The molecule has 0 fully saturated rings. The van der Waals surface area contributed by atoms with Gasteiger partial charge in [-0.25, -0.2) is 14.4 Å². The lowest BCUT2D eigenvalue weighted by atomic mass is 9.99. The molecule has 6 heteroatoms. The van der Waals surface area contributed by atoms with Crippen molar-refractivity contribution in [3.8, 4) is 5.88 Å². The first kappa shape index (κ1) is 18.2. The summed E-state index contributed by atoms with van der Waals surface area (Å²) in [5.41, 5.74) is 3.81. The third kappa shape index (κ3) is 3.23. The van der Waals surface area contributed by atoms with E-state index in [1.165, 1.54) is 0 Å². The van der Waals surface area contributed by atoms with Crippen LogP contribution in [-0.2, 0) is 16.0 Å². The van der Waals surface area contributed by atoms with Gasteiger partial charge in [-0.1, -0.05) is 39.8 Å². The van der Waals surface area contributed by atoms with Crippen molar-refractivity contribution >= 4 is 22.8 Å². The second-order valence-electron chi connectivity index (χ2n) is 6.31. The highest BCUT2D eigenvalue weighted by Gasteiger charge is 2.21. The van der Waals surface area contributed by atoms with Gasteiger partial charge in [-0.2, -0.15) is 0 Å². The summed E-state index contributed by atoms with van der Waals surface area (Å²) >= 11 is 0. The molecule has 3 rings (SSSR count). The maximum absolute atomic E-state index is 11.5. The lowest BCUT2D eigenvalue weighted by Gasteiger charge is -2.19. The monoisotopic (exact) mass is 355 g/mol. The number of rotatable bonds is 7. The molecule has 6 nitrogen and oxygen atoms in total. The van der Waals surface area contributed by atoms with E-state index in [4.69, 9.17) is 14.5 Å². The Balaban J connectivity index is 2.19. The highest BCUT2D eigenvalue weighted by molar-refractivity contribution is 5.80. The van der Waals surface area contributed by atoms with E-state index in [9.17, 15) is 4.79 Å². The molecule has 0 aliphatic carbocycles. The second kappa shape index (κ2) is 7.72. The Morgan fingerprint density at radius 2 is 1.96 bits per heavy atom. The Hall–Kier alpha value is -2.63. The lowest BCUT2D eigenvalue weighted by Crippen LogP contribution is -2.14. The summed E-state index contributed by atoms with van der Waals surface area (Å²) in [6, 6.07) is 7.86. The molecule has 26 heavy (non-hydrogen) atoms. The molecule has 0 aliphatic rings. The SMILES string of the molecule is CCC(=O)OCOc1c(CC)c(C(C)CC)nc2nc3ccccc3n12. The van der Waals surface area contributed by atoms with E-state index in [2.05, 4.69) is 25.8 Å². The maximum Gasteiger partial charge on any atom is 0.308 e. The zero-order valence-corrected chi connectivity index (χ0v) is 15.8. The molecule has 0 saturated carbocycles. The van der Waals surface area contributed by atoms with E-state index >= 15 is 0 Å². The third-order valence-corrected chi connectivity index (χ3v) is 4.67.